The molecule has 0 bridgehead atoms. The molecule has 1 atom stereocenters. The Morgan fingerprint density at radius 2 is 1.74 bits per heavy atom. The normalized spacial score (nSPS) is 12.2. The number of sulfonamides is 1. The number of aryl methyl sites for hydroxylation is 1. The molecule has 0 radical (unpaired) electrons. The molecule has 0 spiro atoms. The summed E-state index contributed by atoms with van der Waals surface area (Å²) in [6.07, 6.45) is 1.59. The average molecular weight is 508 g/mol. The Hall–Kier alpha value is -2.58. The highest BCUT2D eigenvalue weighted by Crippen LogP contribution is 2.25. The number of likely N-dealkylation sites (N-methyl/N-ethyl adjacent to an activating group) is 1. The SMILES string of the molecule is CCNC(=O)[C@@H](C)N(Cc1ccc(Cl)cc1)C(=O)CCCN(c1cccc(C)c1C)S(C)(=O)=O. The first-order valence-corrected chi connectivity index (χ1v) is 13.5. The van der Waals surface area contributed by atoms with Crippen LogP contribution >= 0.6 is 11.6 Å². The van der Waals surface area contributed by atoms with Crippen molar-refractivity contribution in [3.8, 4) is 0 Å². The zero-order valence-electron chi connectivity index (χ0n) is 20.5. The fraction of sp³-hybridized carbons (Fsp3) is 0.440. The van der Waals surface area contributed by atoms with Gasteiger partial charge in [-0.3, -0.25) is 13.9 Å². The monoisotopic (exact) mass is 507 g/mol. The van der Waals surface area contributed by atoms with Gasteiger partial charge in [-0.05, 0) is 69.0 Å². The highest BCUT2D eigenvalue weighted by atomic mass is 35.5. The minimum atomic E-state index is -3.53. The minimum Gasteiger partial charge on any atom is -0.355 e. The summed E-state index contributed by atoms with van der Waals surface area (Å²) in [4.78, 5) is 27.2. The lowest BCUT2D eigenvalue weighted by Crippen LogP contribution is -2.47. The van der Waals surface area contributed by atoms with Gasteiger partial charge in [0.2, 0.25) is 21.8 Å². The van der Waals surface area contributed by atoms with Crippen molar-refractivity contribution in [2.75, 3.05) is 23.7 Å². The van der Waals surface area contributed by atoms with E-state index in [1.165, 1.54) is 15.5 Å². The number of nitrogens with one attached hydrogen (secondary N) is 1. The summed E-state index contributed by atoms with van der Waals surface area (Å²) < 4.78 is 26.4. The molecular weight excluding hydrogens is 474 g/mol. The topological polar surface area (TPSA) is 86.8 Å². The van der Waals surface area contributed by atoms with Crippen LogP contribution in [0.4, 0.5) is 5.69 Å². The number of amides is 2. The molecule has 2 amide bonds. The van der Waals surface area contributed by atoms with Crippen molar-refractivity contribution < 1.29 is 18.0 Å². The summed E-state index contributed by atoms with van der Waals surface area (Å²) in [5.74, 6) is -0.457. The maximum absolute atomic E-state index is 13.2. The first-order valence-electron chi connectivity index (χ1n) is 11.3. The van der Waals surface area contributed by atoms with Crippen molar-refractivity contribution in [1.82, 2.24) is 10.2 Å². The molecule has 0 heterocycles. The quantitative estimate of drug-likeness (QED) is 0.497. The lowest BCUT2D eigenvalue weighted by molar-refractivity contribution is -0.140. The van der Waals surface area contributed by atoms with Crippen molar-refractivity contribution in [2.24, 2.45) is 0 Å². The maximum Gasteiger partial charge on any atom is 0.242 e. The third-order valence-corrected chi connectivity index (χ3v) is 7.21. The first kappa shape index (κ1) is 27.7. The van der Waals surface area contributed by atoms with Crippen LogP contribution in [-0.2, 0) is 26.2 Å². The number of rotatable bonds is 11. The van der Waals surface area contributed by atoms with Crippen LogP contribution in [0.2, 0.25) is 5.02 Å². The molecule has 0 saturated carbocycles. The minimum absolute atomic E-state index is 0.105. The van der Waals surface area contributed by atoms with E-state index in [0.29, 0.717) is 23.7 Å². The van der Waals surface area contributed by atoms with E-state index in [-0.39, 0.29) is 31.3 Å². The van der Waals surface area contributed by atoms with E-state index in [0.717, 1.165) is 16.7 Å². The van der Waals surface area contributed by atoms with Crippen LogP contribution < -0.4 is 9.62 Å². The van der Waals surface area contributed by atoms with Gasteiger partial charge >= 0.3 is 0 Å². The fourth-order valence-electron chi connectivity index (χ4n) is 3.68. The summed E-state index contributed by atoms with van der Waals surface area (Å²) in [5, 5.41) is 3.35. The van der Waals surface area contributed by atoms with Crippen molar-refractivity contribution in [3.05, 3.63) is 64.2 Å². The van der Waals surface area contributed by atoms with Crippen LogP contribution in [0.25, 0.3) is 0 Å². The van der Waals surface area contributed by atoms with Crippen LogP contribution in [0.5, 0.6) is 0 Å². The lowest BCUT2D eigenvalue weighted by Gasteiger charge is -2.29. The van der Waals surface area contributed by atoms with Gasteiger partial charge in [-0.1, -0.05) is 35.9 Å². The molecule has 2 aromatic carbocycles. The number of halogens is 1. The third-order valence-electron chi connectivity index (χ3n) is 5.78. The first-order chi connectivity index (χ1) is 16.0. The smallest absolute Gasteiger partial charge is 0.242 e. The number of carbonyl (C=O) groups excluding carboxylic acids is 2. The van der Waals surface area contributed by atoms with Gasteiger partial charge in [-0.25, -0.2) is 8.42 Å². The Bertz CT molecular complexity index is 1100. The van der Waals surface area contributed by atoms with Crippen LogP contribution in [0.3, 0.4) is 0 Å². The molecule has 1 N–H and O–H groups in total. The second-order valence-corrected chi connectivity index (χ2v) is 10.7. The van der Waals surface area contributed by atoms with Gasteiger partial charge in [-0.2, -0.15) is 0 Å². The largest absolute Gasteiger partial charge is 0.355 e. The summed E-state index contributed by atoms with van der Waals surface area (Å²) in [6.45, 7) is 8.21. The fourth-order valence-corrected chi connectivity index (χ4v) is 4.82. The number of hydrogen-bond acceptors (Lipinski definition) is 4. The van der Waals surface area contributed by atoms with Crippen LogP contribution in [0, 0.1) is 13.8 Å². The number of hydrogen-bond donors (Lipinski definition) is 1. The zero-order valence-corrected chi connectivity index (χ0v) is 22.0. The van der Waals surface area contributed by atoms with Crippen LogP contribution in [0.1, 0.15) is 43.4 Å². The Kier molecular flexibility index (Phi) is 9.94. The van der Waals surface area contributed by atoms with Crippen LogP contribution in [-0.4, -0.2) is 50.5 Å². The molecule has 7 nitrogen and oxygen atoms in total. The average Bonchev–Trinajstić information content (AvgIpc) is 2.77. The van der Waals surface area contributed by atoms with Crippen molar-refractivity contribution in [1.29, 1.82) is 0 Å². The van der Waals surface area contributed by atoms with Crippen LogP contribution in [0.15, 0.2) is 42.5 Å². The second kappa shape index (κ2) is 12.2. The molecule has 0 aromatic heterocycles. The second-order valence-electron chi connectivity index (χ2n) is 8.38. The van der Waals surface area contributed by atoms with Crippen molar-refractivity contribution >= 4 is 39.1 Å². The van der Waals surface area contributed by atoms with Crippen molar-refractivity contribution in [3.63, 3.8) is 0 Å². The Morgan fingerprint density at radius 1 is 1.09 bits per heavy atom. The molecule has 2 aromatic rings. The van der Waals surface area contributed by atoms with Gasteiger partial charge in [0.05, 0.1) is 11.9 Å². The Labute approximate surface area is 208 Å². The molecule has 0 aliphatic rings. The Morgan fingerprint density at radius 3 is 2.32 bits per heavy atom. The number of carbonyl (C=O) groups is 2. The third kappa shape index (κ3) is 7.46. The lowest BCUT2D eigenvalue weighted by atomic mass is 10.1. The number of benzene rings is 2. The summed E-state index contributed by atoms with van der Waals surface area (Å²) in [5.41, 5.74) is 3.34. The van der Waals surface area contributed by atoms with E-state index in [2.05, 4.69) is 5.32 Å². The summed E-state index contributed by atoms with van der Waals surface area (Å²) in [6, 6.07) is 12.0. The van der Waals surface area contributed by atoms with E-state index in [1.807, 2.05) is 45.0 Å². The Balaban J connectivity index is 2.18. The van der Waals surface area contributed by atoms with E-state index in [4.69, 9.17) is 11.6 Å². The molecule has 0 fully saturated rings. The van der Waals surface area contributed by atoms with Gasteiger partial charge in [0.15, 0.2) is 0 Å². The predicted molar refractivity (Wildman–Crippen MR) is 137 cm³/mol. The van der Waals surface area contributed by atoms with Gasteiger partial charge in [0, 0.05) is 31.1 Å². The molecule has 0 aliphatic heterocycles. The molecule has 186 valence electrons. The highest BCUT2D eigenvalue weighted by molar-refractivity contribution is 7.92. The zero-order chi connectivity index (χ0) is 25.5. The summed E-state index contributed by atoms with van der Waals surface area (Å²) >= 11 is 5.97. The van der Waals surface area contributed by atoms with Gasteiger partial charge in [0.1, 0.15) is 6.04 Å². The van der Waals surface area contributed by atoms with E-state index in [1.54, 1.807) is 25.1 Å². The number of anilines is 1. The molecule has 9 heteroatoms. The molecule has 2 rings (SSSR count). The van der Waals surface area contributed by atoms with Gasteiger partial charge < -0.3 is 10.2 Å². The van der Waals surface area contributed by atoms with Crippen molar-refractivity contribution in [2.45, 2.75) is 53.1 Å². The molecule has 0 unspecified atom stereocenters. The number of nitrogens with zero attached hydrogens (tertiary/aromatic N) is 2. The van der Waals surface area contributed by atoms with E-state index >= 15 is 0 Å². The van der Waals surface area contributed by atoms with Gasteiger partial charge in [0.25, 0.3) is 0 Å². The molecular formula is C25H34ClN3O4S. The standard InChI is InChI=1S/C25H34ClN3O4S/c1-6-27-25(31)20(4)28(17-21-12-14-22(26)15-13-21)24(30)11-8-16-29(34(5,32)33)23-10-7-9-18(2)19(23)3/h7,9-10,12-15,20H,6,8,11,16-17H2,1-5H3,(H,27,31)/t20-/m1/s1. The van der Waals surface area contributed by atoms with E-state index in [9.17, 15) is 18.0 Å². The molecule has 34 heavy (non-hydrogen) atoms. The highest BCUT2D eigenvalue weighted by Gasteiger charge is 2.26. The summed E-state index contributed by atoms with van der Waals surface area (Å²) in [7, 11) is -3.53. The predicted octanol–water partition coefficient (Wildman–Crippen LogP) is 4.06. The maximum atomic E-state index is 13.2. The van der Waals surface area contributed by atoms with Gasteiger partial charge in [-0.15, -0.1) is 0 Å². The van der Waals surface area contributed by atoms with E-state index < -0.39 is 16.1 Å². The molecule has 0 saturated heterocycles. The molecule has 0 aliphatic carbocycles.